The Labute approximate surface area is 204 Å². The van der Waals surface area contributed by atoms with Crippen LogP contribution in [0.15, 0.2) is 43.2 Å². The highest BCUT2D eigenvalue weighted by Gasteiger charge is 2.15. The van der Waals surface area contributed by atoms with Gasteiger partial charge in [0.2, 0.25) is 0 Å². The van der Waals surface area contributed by atoms with Crippen LogP contribution in [-0.2, 0) is 33.8 Å². The first kappa shape index (κ1) is 30.3. The summed E-state index contributed by atoms with van der Waals surface area (Å²) in [5, 5.41) is 0. The van der Waals surface area contributed by atoms with E-state index < -0.39 is 10.1 Å². The van der Waals surface area contributed by atoms with Crippen molar-refractivity contribution in [1.82, 2.24) is 0 Å². The van der Waals surface area contributed by atoms with Crippen molar-refractivity contribution in [3.8, 4) is 5.75 Å². The lowest BCUT2D eigenvalue weighted by Gasteiger charge is -2.23. The van der Waals surface area contributed by atoms with Gasteiger partial charge in [0.1, 0.15) is 18.5 Å². The van der Waals surface area contributed by atoms with Crippen molar-refractivity contribution < 1.29 is 41.4 Å². The summed E-state index contributed by atoms with van der Waals surface area (Å²) in [5.74, 6) is 0.393. The van der Waals surface area contributed by atoms with E-state index in [-0.39, 0.29) is 18.0 Å². The summed E-state index contributed by atoms with van der Waals surface area (Å²) in [6.45, 7) is 8.96. The molecular weight excluding hydrogens is 464 g/mol. The summed E-state index contributed by atoms with van der Waals surface area (Å²) >= 11 is 0. The fraction of sp³-hybridized carbons (Fsp3) is 0.667. The Kier molecular flexibility index (Phi) is 17.5. The highest BCUT2D eigenvalue weighted by atomic mass is 32.2. The number of unbranched alkanes of at least 4 members (excludes halogenated alkanes) is 2. The van der Waals surface area contributed by atoms with E-state index in [9.17, 15) is 13.0 Å². The van der Waals surface area contributed by atoms with E-state index in [1.807, 2.05) is 37.3 Å². The minimum absolute atomic E-state index is 0.133. The molecule has 0 spiro atoms. The number of rotatable bonds is 23. The molecule has 0 N–H and O–H groups in total. The smallest absolute Gasteiger partial charge is 0.119 e. The largest absolute Gasteiger partial charge is 0.748 e. The number of hydrogen-bond donors (Lipinski definition) is 0. The first-order chi connectivity index (χ1) is 16.4. The van der Waals surface area contributed by atoms with E-state index in [0.29, 0.717) is 65.7 Å². The van der Waals surface area contributed by atoms with Gasteiger partial charge in [0.15, 0.2) is 0 Å². The maximum absolute atomic E-state index is 10.6. The fourth-order valence-electron chi connectivity index (χ4n) is 2.84. The Morgan fingerprint density at radius 2 is 1.53 bits per heavy atom. The molecule has 0 bridgehead atoms. The van der Waals surface area contributed by atoms with Crippen molar-refractivity contribution in [1.29, 1.82) is 0 Å². The average Bonchev–Trinajstić information content (AvgIpc) is 2.80. The van der Waals surface area contributed by atoms with E-state index in [4.69, 9.17) is 28.4 Å². The van der Waals surface area contributed by atoms with Gasteiger partial charge in [0.25, 0.3) is 0 Å². The van der Waals surface area contributed by atoms with Gasteiger partial charge in [-0.05, 0) is 44.7 Å². The quantitative estimate of drug-likeness (QED) is 0.126. The minimum atomic E-state index is -4.16. The standard InChI is InChI=1S/C24H40O9S/c1-3-28-13-7-8-15-30-19-22(2)33-24(21-32-23-11-5-4-6-12-23)20-31-17-16-29-14-9-10-18-34(25,26)27/h3-6,11-12,22,24H,1,7-10,13-21H2,2H3,(H,25,26,27)/p-1. The second-order valence-corrected chi connectivity index (χ2v) is 9.19. The molecule has 0 aliphatic carbocycles. The van der Waals surface area contributed by atoms with Gasteiger partial charge in [-0.1, -0.05) is 24.8 Å². The van der Waals surface area contributed by atoms with Crippen LogP contribution in [-0.4, -0.2) is 83.8 Å². The molecule has 0 saturated carbocycles. The zero-order chi connectivity index (χ0) is 24.9. The summed E-state index contributed by atoms with van der Waals surface area (Å²) < 4.78 is 65.4. The molecule has 0 aliphatic heterocycles. The Balaban J connectivity index is 2.25. The third-order valence-corrected chi connectivity index (χ3v) is 5.27. The lowest BCUT2D eigenvalue weighted by molar-refractivity contribution is -0.0953. The molecule has 0 saturated heterocycles. The van der Waals surface area contributed by atoms with Crippen molar-refractivity contribution in [3.05, 3.63) is 43.2 Å². The van der Waals surface area contributed by atoms with Crippen LogP contribution in [0, 0.1) is 0 Å². The van der Waals surface area contributed by atoms with Gasteiger partial charge < -0.3 is 33.0 Å². The molecule has 0 aliphatic rings. The van der Waals surface area contributed by atoms with E-state index in [2.05, 4.69) is 6.58 Å². The molecule has 1 rings (SSSR count). The predicted octanol–water partition coefficient (Wildman–Crippen LogP) is 3.15. The second kappa shape index (κ2) is 19.6. The molecule has 1 aromatic rings. The molecule has 1 aromatic carbocycles. The molecule has 2 atom stereocenters. The average molecular weight is 504 g/mol. The molecule has 196 valence electrons. The predicted molar refractivity (Wildman–Crippen MR) is 128 cm³/mol. The van der Waals surface area contributed by atoms with Gasteiger partial charge >= 0.3 is 0 Å². The van der Waals surface area contributed by atoms with Gasteiger partial charge in [-0.15, -0.1) is 0 Å². The third kappa shape index (κ3) is 18.7. The number of ether oxygens (including phenoxy) is 6. The minimum Gasteiger partial charge on any atom is -0.748 e. The molecule has 0 amide bonds. The Morgan fingerprint density at radius 1 is 0.882 bits per heavy atom. The normalized spacial score (nSPS) is 13.4. The highest BCUT2D eigenvalue weighted by Crippen LogP contribution is 2.11. The van der Waals surface area contributed by atoms with Crippen LogP contribution in [0.5, 0.6) is 5.75 Å². The fourth-order valence-corrected chi connectivity index (χ4v) is 3.40. The van der Waals surface area contributed by atoms with E-state index in [1.165, 1.54) is 6.26 Å². The topological polar surface area (TPSA) is 113 Å². The van der Waals surface area contributed by atoms with Gasteiger partial charge in [0, 0.05) is 19.0 Å². The van der Waals surface area contributed by atoms with Crippen LogP contribution in [0.3, 0.4) is 0 Å². The monoisotopic (exact) mass is 503 g/mol. The van der Waals surface area contributed by atoms with Gasteiger partial charge in [-0.25, -0.2) is 8.42 Å². The first-order valence-electron chi connectivity index (χ1n) is 11.6. The molecule has 2 unspecified atom stereocenters. The number of benzene rings is 1. The van der Waals surface area contributed by atoms with Gasteiger partial charge in [0.05, 0.1) is 55.5 Å². The second-order valence-electron chi connectivity index (χ2n) is 7.67. The van der Waals surface area contributed by atoms with Crippen molar-refractivity contribution in [2.75, 3.05) is 58.6 Å². The summed E-state index contributed by atoms with van der Waals surface area (Å²) in [7, 11) is -4.16. The van der Waals surface area contributed by atoms with Crippen LogP contribution >= 0.6 is 0 Å². The lowest BCUT2D eigenvalue weighted by Crippen LogP contribution is -2.33. The Morgan fingerprint density at radius 3 is 2.26 bits per heavy atom. The summed E-state index contributed by atoms with van der Waals surface area (Å²) in [6, 6.07) is 9.50. The molecule has 0 aromatic heterocycles. The Bertz CT molecular complexity index is 712. The molecule has 0 fully saturated rings. The van der Waals surface area contributed by atoms with Crippen molar-refractivity contribution in [2.45, 2.75) is 44.8 Å². The van der Waals surface area contributed by atoms with Crippen LogP contribution in [0.25, 0.3) is 0 Å². The van der Waals surface area contributed by atoms with Crippen molar-refractivity contribution in [3.63, 3.8) is 0 Å². The van der Waals surface area contributed by atoms with E-state index >= 15 is 0 Å². The molecule has 9 nitrogen and oxygen atoms in total. The SMILES string of the molecule is C=COCCCCOCC(C)OC(COCCOCCCCS(=O)(=O)[O-])COc1ccccc1. The number of para-hydroxylation sites is 1. The first-order valence-corrected chi connectivity index (χ1v) is 13.2. The van der Waals surface area contributed by atoms with Crippen molar-refractivity contribution >= 4 is 10.1 Å². The maximum Gasteiger partial charge on any atom is 0.119 e. The summed E-state index contributed by atoms with van der Waals surface area (Å²) in [5.41, 5.74) is 0. The van der Waals surface area contributed by atoms with Crippen LogP contribution in [0.4, 0.5) is 0 Å². The summed E-state index contributed by atoms with van der Waals surface area (Å²) in [6.07, 6.45) is 3.63. The lowest BCUT2D eigenvalue weighted by atomic mass is 10.3. The summed E-state index contributed by atoms with van der Waals surface area (Å²) in [4.78, 5) is 0. The zero-order valence-electron chi connectivity index (χ0n) is 20.1. The van der Waals surface area contributed by atoms with Crippen LogP contribution in [0.1, 0.15) is 32.6 Å². The van der Waals surface area contributed by atoms with E-state index in [1.54, 1.807) is 0 Å². The zero-order valence-corrected chi connectivity index (χ0v) is 20.9. The number of hydrogen-bond acceptors (Lipinski definition) is 9. The third-order valence-electron chi connectivity index (χ3n) is 4.48. The van der Waals surface area contributed by atoms with Gasteiger partial charge in [-0.2, -0.15) is 0 Å². The highest BCUT2D eigenvalue weighted by molar-refractivity contribution is 7.85. The van der Waals surface area contributed by atoms with Crippen molar-refractivity contribution in [2.24, 2.45) is 0 Å². The van der Waals surface area contributed by atoms with Crippen LogP contribution in [0.2, 0.25) is 0 Å². The maximum atomic E-state index is 10.6. The van der Waals surface area contributed by atoms with Crippen LogP contribution < -0.4 is 4.74 Å². The molecule has 34 heavy (non-hydrogen) atoms. The van der Waals surface area contributed by atoms with E-state index in [0.717, 1.165) is 18.6 Å². The molecular formula is C24H39O9S-. The molecule has 0 radical (unpaired) electrons. The molecule has 10 heteroatoms. The Hall–Kier alpha value is -1.69. The van der Waals surface area contributed by atoms with Gasteiger partial charge in [-0.3, -0.25) is 0 Å². The molecule has 0 heterocycles.